The number of sulfonamides is 1. The maximum atomic E-state index is 12.4. The Morgan fingerprint density at radius 2 is 2.14 bits per heavy atom. The van der Waals surface area contributed by atoms with Gasteiger partial charge in [-0.2, -0.15) is 0 Å². The van der Waals surface area contributed by atoms with E-state index in [9.17, 15) is 18.3 Å². The van der Waals surface area contributed by atoms with Crippen molar-refractivity contribution < 1.29 is 23.1 Å². The number of para-hydroxylation sites is 1. The van der Waals surface area contributed by atoms with Crippen LogP contribution in [0, 0.1) is 0 Å². The molecule has 1 aromatic carbocycles. The molecule has 0 saturated carbocycles. The van der Waals surface area contributed by atoms with E-state index in [2.05, 4.69) is 0 Å². The average Bonchev–Trinajstić information content (AvgIpc) is 2.46. The van der Waals surface area contributed by atoms with Crippen molar-refractivity contribution in [3.8, 4) is 0 Å². The first-order valence-electron chi connectivity index (χ1n) is 6.78. The lowest BCUT2D eigenvalue weighted by Gasteiger charge is -2.33. The van der Waals surface area contributed by atoms with Gasteiger partial charge in [0.2, 0.25) is 10.0 Å². The smallest absolute Gasteiger partial charge is 0.311 e. The summed E-state index contributed by atoms with van der Waals surface area (Å²) in [6.45, 7) is 0.579. The molecule has 7 heteroatoms. The van der Waals surface area contributed by atoms with Gasteiger partial charge in [-0.15, -0.1) is 0 Å². The highest BCUT2D eigenvalue weighted by Crippen LogP contribution is 2.36. The van der Waals surface area contributed by atoms with Crippen molar-refractivity contribution in [1.29, 1.82) is 0 Å². The van der Waals surface area contributed by atoms with Gasteiger partial charge in [0.1, 0.15) is 0 Å². The molecule has 1 unspecified atom stereocenters. The Kier molecular flexibility index (Phi) is 4.84. The van der Waals surface area contributed by atoms with Crippen molar-refractivity contribution in [3.05, 3.63) is 29.8 Å². The summed E-state index contributed by atoms with van der Waals surface area (Å²) in [5.41, 5.74) is 1.04. The molecule has 0 fully saturated rings. The van der Waals surface area contributed by atoms with Crippen molar-refractivity contribution in [1.82, 2.24) is 0 Å². The Bertz CT molecular complexity index is 614. The number of carbonyl (C=O) groups is 1. The monoisotopic (exact) mass is 313 g/mol. The molecule has 116 valence electrons. The fourth-order valence-corrected chi connectivity index (χ4v) is 4.13. The van der Waals surface area contributed by atoms with Crippen molar-refractivity contribution in [2.24, 2.45) is 0 Å². The fraction of sp³-hybridized carbons (Fsp3) is 0.500. The minimum atomic E-state index is -3.46. The Morgan fingerprint density at radius 3 is 2.81 bits per heavy atom. The van der Waals surface area contributed by atoms with Gasteiger partial charge in [-0.25, -0.2) is 8.42 Å². The van der Waals surface area contributed by atoms with E-state index in [4.69, 9.17) is 4.74 Å². The number of carboxylic acid groups (broad SMARTS) is 1. The third-order valence-corrected chi connectivity index (χ3v) is 5.44. The summed E-state index contributed by atoms with van der Waals surface area (Å²) in [6.07, 6.45) is 0.704. The van der Waals surface area contributed by atoms with E-state index in [1.165, 1.54) is 11.4 Å². The van der Waals surface area contributed by atoms with Crippen LogP contribution in [0.4, 0.5) is 5.69 Å². The molecule has 6 nitrogen and oxygen atoms in total. The molecule has 0 aromatic heterocycles. The summed E-state index contributed by atoms with van der Waals surface area (Å²) in [6, 6.07) is 6.81. The predicted octanol–water partition coefficient (Wildman–Crippen LogP) is 1.43. The molecular formula is C14H19NO5S. The average molecular weight is 313 g/mol. The number of anilines is 1. The zero-order valence-corrected chi connectivity index (χ0v) is 12.7. The Balaban J connectivity index is 2.30. The van der Waals surface area contributed by atoms with Gasteiger partial charge in [0.05, 0.1) is 17.4 Å². The van der Waals surface area contributed by atoms with Crippen LogP contribution in [0.5, 0.6) is 0 Å². The highest BCUT2D eigenvalue weighted by Gasteiger charge is 2.34. The molecule has 21 heavy (non-hydrogen) atoms. The van der Waals surface area contributed by atoms with E-state index < -0.39 is 21.9 Å². The van der Waals surface area contributed by atoms with E-state index >= 15 is 0 Å². The second-order valence-corrected chi connectivity index (χ2v) is 6.99. The zero-order chi connectivity index (χ0) is 15.5. The minimum absolute atomic E-state index is 0.00703. The van der Waals surface area contributed by atoms with Gasteiger partial charge in [0.25, 0.3) is 0 Å². The van der Waals surface area contributed by atoms with E-state index in [0.717, 1.165) is 0 Å². The minimum Gasteiger partial charge on any atom is -0.481 e. The van der Waals surface area contributed by atoms with Gasteiger partial charge in [-0.3, -0.25) is 9.10 Å². The molecule has 0 bridgehead atoms. The van der Waals surface area contributed by atoms with E-state index in [-0.39, 0.29) is 18.7 Å². The third-order valence-electron chi connectivity index (χ3n) is 3.59. The van der Waals surface area contributed by atoms with Crippen LogP contribution in [0.1, 0.15) is 24.3 Å². The molecule has 1 aliphatic rings. The molecule has 0 spiro atoms. The van der Waals surface area contributed by atoms with E-state index in [0.29, 0.717) is 24.3 Å². The van der Waals surface area contributed by atoms with Gasteiger partial charge >= 0.3 is 5.97 Å². The number of methoxy groups -OCH3 is 1. The second kappa shape index (κ2) is 6.44. The number of fused-ring (bicyclic) bond motifs is 1. The van der Waals surface area contributed by atoms with Crippen molar-refractivity contribution in [2.45, 2.75) is 18.8 Å². The molecule has 1 heterocycles. The molecule has 0 saturated heterocycles. The van der Waals surface area contributed by atoms with Crippen molar-refractivity contribution >= 4 is 21.7 Å². The molecule has 1 aromatic rings. The number of rotatable bonds is 6. The van der Waals surface area contributed by atoms with Crippen LogP contribution >= 0.6 is 0 Å². The molecule has 2 rings (SSSR count). The number of hydrogen-bond acceptors (Lipinski definition) is 4. The van der Waals surface area contributed by atoms with Crippen LogP contribution in [-0.4, -0.2) is 45.5 Å². The lowest BCUT2D eigenvalue weighted by atomic mass is 9.91. The lowest BCUT2D eigenvalue weighted by molar-refractivity contribution is -0.139. The van der Waals surface area contributed by atoms with Crippen LogP contribution < -0.4 is 4.31 Å². The highest BCUT2D eigenvalue weighted by molar-refractivity contribution is 7.92. The Hall–Kier alpha value is -1.60. The van der Waals surface area contributed by atoms with Crippen molar-refractivity contribution in [3.63, 3.8) is 0 Å². The van der Waals surface area contributed by atoms with Gasteiger partial charge in [0.15, 0.2) is 0 Å². The predicted molar refractivity (Wildman–Crippen MR) is 79.1 cm³/mol. The number of nitrogens with zero attached hydrogens (tertiary/aromatic N) is 1. The highest BCUT2D eigenvalue weighted by atomic mass is 32.2. The van der Waals surface area contributed by atoms with Crippen LogP contribution in [-0.2, 0) is 19.6 Å². The maximum absolute atomic E-state index is 12.4. The van der Waals surface area contributed by atoms with Crippen LogP contribution in [0.25, 0.3) is 0 Å². The normalized spacial score (nSPS) is 18.3. The molecule has 1 N–H and O–H groups in total. The fourth-order valence-electron chi connectivity index (χ4n) is 2.57. The van der Waals surface area contributed by atoms with Crippen molar-refractivity contribution in [2.75, 3.05) is 30.3 Å². The van der Waals surface area contributed by atoms with E-state index in [1.54, 1.807) is 24.3 Å². The summed E-state index contributed by atoms with van der Waals surface area (Å²) >= 11 is 0. The van der Waals surface area contributed by atoms with Gasteiger partial charge in [0, 0.05) is 20.3 Å². The van der Waals surface area contributed by atoms with Crippen LogP contribution in [0.3, 0.4) is 0 Å². The van der Waals surface area contributed by atoms with Crippen LogP contribution in [0.2, 0.25) is 0 Å². The largest absolute Gasteiger partial charge is 0.481 e. The van der Waals surface area contributed by atoms with Gasteiger partial charge in [-0.1, -0.05) is 18.2 Å². The number of hydrogen-bond donors (Lipinski definition) is 1. The van der Waals surface area contributed by atoms with Crippen LogP contribution in [0.15, 0.2) is 24.3 Å². The molecular weight excluding hydrogens is 294 g/mol. The SMILES string of the molecule is COCCCS(=O)(=O)N1CCC(C(=O)O)c2ccccc21. The molecule has 0 radical (unpaired) electrons. The first-order valence-corrected chi connectivity index (χ1v) is 8.39. The number of carboxylic acids is 1. The lowest BCUT2D eigenvalue weighted by Crippen LogP contribution is -2.39. The van der Waals surface area contributed by atoms with E-state index in [1.807, 2.05) is 0 Å². The third kappa shape index (κ3) is 3.36. The standard InChI is InChI=1S/C14H19NO5S/c1-20-9-4-10-21(18,19)15-8-7-12(14(16)17)11-5-2-3-6-13(11)15/h2-3,5-6,12H,4,7-10H2,1H3,(H,16,17). The summed E-state index contributed by atoms with van der Waals surface area (Å²) in [5, 5.41) is 9.26. The summed E-state index contributed by atoms with van der Waals surface area (Å²) in [4.78, 5) is 11.3. The molecule has 0 amide bonds. The Labute approximate surface area is 124 Å². The second-order valence-electron chi connectivity index (χ2n) is 4.97. The maximum Gasteiger partial charge on any atom is 0.311 e. The first-order chi connectivity index (χ1) is 9.97. The topological polar surface area (TPSA) is 83.9 Å². The molecule has 0 aliphatic carbocycles. The number of aliphatic carboxylic acids is 1. The Morgan fingerprint density at radius 1 is 1.43 bits per heavy atom. The first kappa shape index (κ1) is 15.8. The number of ether oxygens (including phenoxy) is 1. The van der Waals surface area contributed by atoms with Gasteiger partial charge in [-0.05, 0) is 24.5 Å². The number of benzene rings is 1. The van der Waals surface area contributed by atoms with Gasteiger partial charge < -0.3 is 9.84 Å². The molecule has 1 atom stereocenters. The molecule has 1 aliphatic heterocycles. The summed E-state index contributed by atoms with van der Waals surface area (Å²) in [7, 11) is -1.93. The summed E-state index contributed by atoms with van der Waals surface area (Å²) < 4.78 is 31.1. The summed E-state index contributed by atoms with van der Waals surface area (Å²) in [5.74, 6) is -1.57. The zero-order valence-electron chi connectivity index (χ0n) is 11.9. The quantitative estimate of drug-likeness (QED) is 0.803.